The van der Waals surface area contributed by atoms with E-state index >= 15 is 0 Å². The van der Waals surface area contributed by atoms with Crippen molar-refractivity contribution in [2.45, 2.75) is 51.9 Å². The number of likely N-dealkylation sites (tertiary alicyclic amines) is 1. The van der Waals surface area contributed by atoms with Gasteiger partial charge in [-0.2, -0.15) is 13.2 Å². The summed E-state index contributed by atoms with van der Waals surface area (Å²) in [5, 5.41) is 6.59. The summed E-state index contributed by atoms with van der Waals surface area (Å²) in [5.41, 5.74) is 0. The Morgan fingerprint density at radius 2 is 1.93 bits per heavy atom. The number of nitrogens with zero attached hydrogens (tertiary/aromatic N) is 3. The molecule has 0 aliphatic carbocycles. The van der Waals surface area contributed by atoms with Crippen LogP contribution in [0.15, 0.2) is 4.99 Å². The van der Waals surface area contributed by atoms with Crippen molar-refractivity contribution in [1.82, 2.24) is 20.4 Å². The number of alkyl halides is 3. The van der Waals surface area contributed by atoms with Crippen LogP contribution in [-0.2, 0) is 4.74 Å². The minimum Gasteiger partial charge on any atom is -0.377 e. The highest BCUT2D eigenvalue weighted by molar-refractivity contribution is 14.0. The van der Waals surface area contributed by atoms with Gasteiger partial charge in [0.05, 0.1) is 25.8 Å². The molecule has 0 aromatic heterocycles. The third-order valence-electron chi connectivity index (χ3n) is 4.33. The van der Waals surface area contributed by atoms with Gasteiger partial charge in [-0.1, -0.05) is 0 Å². The van der Waals surface area contributed by atoms with Gasteiger partial charge in [-0.3, -0.25) is 9.89 Å². The second-order valence-corrected chi connectivity index (χ2v) is 7.29. The predicted molar refractivity (Wildman–Crippen MR) is 119 cm³/mol. The predicted octanol–water partition coefficient (Wildman–Crippen LogP) is 2.54. The fourth-order valence-corrected chi connectivity index (χ4v) is 2.95. The molecule has 0 spiro atoms. The third-order valence-corrected chi connectivity index (χ3v) is 4.33. The maximum absolute atomic E-state index is 12.4. The standard InChI is InChI=1S/C18H36F3N5O.HI/c1-5-22-17(23-8-11-25(4)14-18(19,20)21)24-16-6-9-26(10-7-16)12-13-27-15(2)3;/h15-16H,5-14H2,1-4H3,(H2,22,23,24);1H. The van der Waals surface area contributed by atoms with E-state index in [4.69, 9.17) is 4.74 Å². The zero-order valence-corrected chi connectivity index (χ0v) is 19.8. The van der Waals surface area contributed by atoms with Crippen LogP contribution in [0.1, 0.15) is 33.6 Å². The highest BCUT2D eigenvalue weighted by Crippen LogP contribution is 2.15. The molecular formula is C18H37F3IN5O. The Labute approximate surface area is 184 Å². The van der Waals surface area contributed by atoms with Crippen LogP contribution >= 0.6 is 24.0 Å². The molecule has 0 aromatic carbocycles. The molecule has 0 bridgehead atoms. The third kappa shape index (κ3) is 13.8. The lowest BCUT2D eigenvalue weighted by Gasteiger charge is -2.33. The van der Waals surface area contributed by atoms with E-state index in [0.717, 1.165) is 45.6 Å². The van der Waals surface area contributed by atoms with Gasteiger partial charge in [-0.05, 0) is 40.7 Å². The van der Waals surface area contributed by atoms with Crippen LogP contribution in [0.5, 0.6) is 0 Å². The van der Waals surface area contributed by atoms with E-state index in [9.17, 15) is 13.2 Å². The molecule has 0 saturated carbocycles. The minimum absolute atomic E-state index is 0. The molecule has 0 unspecified atom stereocenters. The van der Waals surface area contributed by atoms with Crippen molar-refractivity contribution in [3.8, 4) is 0 Å². The van der Waals surface area contributed by atoms with Crippen LogP contribution < -0.4 is 10.6 Å². The molecule has 0 aromatic rings. The molecule has 1 heterocycles. The van der Waals surface area contributed by atoms with Crippen molar-refractivity contribution in [2.75, 3.05) is 59.5 Å². The second-order valence-electron chi connectivity index (χ2n) is 7.29. The Morgan fingerprint density at radius 3 is 2.46 bits per heavy atom. The molecule has 1 saturated heterocycles. The Kier molecular flexibility index (Phi) is 14.4. The number of likely N-dealkylation sites (N-methyl/N-ethyl adjacent to an activating group) is 1. The van der Waals surface area contributed by atoms with Gasteiger partial charge < -0.3 is 20.3 Å². The first-order valence-electron chi connectivity index (χ1n) is 9.83. The van der Waals surface area contributed by atoms with E-state index in [1.165, 1.54) is 11.9 Å². The molecule has 2 N–H and O–H groups in total. The number of halogens is 4. The van der Waals surface area contributed by atoms with E-state index < -0.39 is 12.7 Å². The number of hydrogen-bond acceptors (Lipinski definition) is 4. The van der Waals surface area contributed by atoms with Gasteiger partial charge in [0.2, 0.25) is 0 Å². The SMILES string of the molecule is CCNC(=NCCN(C)CC(F)(F)F)NC1CCN(CCOC(C)C)CC1.I. The van der Waals surface area contributed by atoms with Gasteiger partial charge in [-0.25, -0.2) is 0 Å². The smallest absolute Gasteiger partial charge is 0.377 e. The molecule has 1 aliphatic rings. The molecule has 0 amide bonds. The van der Waals surface area contributed by atoms with Crippen LogP contribution in [0.3, 0.4) is 0 Å². The van der Waals surface area contributed by atoms with Gasteiger partial charge >= 0.3 is 6.18 Å². The molecule has 6 nitrogen and oxygen atoms in total. The maximum Gasteiger partial charge on any atom is 0.401 e. The van der Waals surface area contributed by atoms with E-state index in [1.807, 2.05) is 20.8 Å². The number of rotatable bonds is 10. The summed E-state index contributed by atoms with van der Waals surface area (Å²) >= 11 is 0. The largest absolute Gasteiger partial charge is 0.401 e. The summed E-state index contributed by atoms with van der Waals surface area (Å²) in [5.74, 6) is 0.680. The number of hydrogen-bond donors (Lipinski definition) is 2. The molecule has 0 atom stereocenters. The van der Waals surface area contributed by atoms with Crippen molar-refractivity contribution >= 4 is 29.9 Å². The molecule has 1 rings (SSSR count). The van der Waals surface area contributed by atoms with Gasteiger partial charge in [-0.15, -0.1) is 24.0 Å². The van der Waals surface area contributed by atoms with Gasteiger partial charge in [0, 0.05) is 38.8 Å². The van der Waals surface area contributed by atoms with Crippen LogP contribution in [0.4, 0.5) is 13.2 Å². The van der Waals surface area contributed by atoms with Crippen molar-refractivity contribution in [1.29, 1.82) is 0 Å². The monoisotopic (exact) mass is 523 g/mol. The highest BCUT2D eigenvalue weighted by Gasteiger charge is 2.28. The van der Waals surface area contributed by atoms with Gasteiger partial charge in [0.25, 0.3) is 0 Å². The topological polar surface area (TPSA) is 52.1 Å². The average Bonchev–Trinajstić information content (AvgIpc) is 2.54. The van der Waals surface area contributed by atoms with Crippen LogP contribution in [0, 0.1) is 0 Å². The van der Waals surface area contributed by atoms with Crippen molar-refractivity contribution in [2.24, 2.45) is 4.99 Å². The van der Waals surface area contributed by atoms with Crippen molar-refractivity contribution in [3.63, 3.8) is 0 Å². The van der Waals surface area contributed by atoms with Crippen molar-refractivity contribution < 1.29 is 17.9 Å². The summed E-state index contributed by atoms with van der Waals surface area (Å²) < 4.78 is 42.7. The summed E-state index contributed by atoms with van der Waals surface area (Å²) in [4.78, 5) is 8.06. The first kappa shape index (κ1) is 27.7. The summed E-state index contributed by atoms with van der Waals surface area (Å²) in [6.45, 7) is 10.2. The molecule has 1 aliphatic heterocycles. The average molecular weight is 523 g/mol. The highest BCUT2D eigenvalue weighted by atomic mass is 127. The zero-order valence-electron chi connectivity index (χ0n) is 17.5. The van der Waals surface area contributed by atoms with Crippen LogP contribution in [-0.4, -0.2) is 93.5 Å². The first-order chi connectivity index (χ1) is 12.7. The minimum atomic E-state index is -4.17. The lowest BCUT2D eigenvalue weighted by Crippen LogP contribution is -2.49. The molecule has 28 heavy (non-hydrogen) atoms. The van der Waals surface area contributed by atoms with E-state index in [2.05, 4.69) is 20.5 Å². The Balaban J connectivity index is 0.00000729. The molecule has 10 heteroatoms. The second kappa shape index (κ2) is 14.6. The lowest BCUT2D eigenvalue weighted by atomic mass is 10.1. The number of piperidine rings is 1. The Bertz CT molecular complexity index is 430. The van der Waals surface area contributed by atoms with E-state index in [1.54, 1.807) is 0 Å². The number of nitrogens with one attached hydrogen (secondary N) is 2. The maximum atomic E-state index is 12.4. The van der Waals surface area contributed by atoms with Crippen molar-refractivity contribution in [3.05, 3.63) is 0 Å². The Hall–Kier alpha value is -0.330. The number of guanidine groups is 1. The first-order valence-corrected chi connectivity index (χ1v) is 9.83. The van der Waals surface area contributed by atoms with Gasteiger partial charge in [0.15, 0.2) is 5.96 Å². The summed E-state index contributed by atoms with van der Waals surface area (Å²) in [6.07, 6.45) is -1.88. The lowest BCUT2D eigenvalue weighted by molar-refractivity contribution is -0.142. The summed E-state index contributed by atoms with van der Waals surface area (Å²) in [7, 11) is 1.46. The van der Waals surface area contributed by atoms with Gasteiger partial charge in [0.1, 0.15) is 0 Å². The molecular weight excluding hydrogens is 486 g/mol. The number of ether oxygens (including phenoxy) is 1. The fourth-order valence-electron chi connectivity index (χ4n) is 2.95. The van der Waals surface area contributed by atoms with E-state index in [0.29, 0.717) is 18.5 Å². The Morgan fingerprint density at radius 1 is 1.29 bits per heavy atom. The molecule has 168 valence electrons. The molecule has 0 radical (unpaired) electrons. The van der Waals surface area contributed by atoms with Crippen LogP contribution in [0.2, 0.25) is 0 Å². The van der Waals surface area contributed by atoms with E-state index in [-0.39, 0.29) is 36.6 Å². The zero-order chi connectivity index (χ0) is 20.3. The normalized spacial score (nSPS) is 17.1. The summed E-state index contributed by atoms with van der Waals surface area (Å²) in [6, 6.07) is 0.331. The number of aliphatic imine (C=N–C) groups is 1. The van der Waals surface area contributed by atoms with Crippen LogP contribution in [0.25, 0.3) is 0 Å². The molecule has 1 fully saturated rings. The fraction of sp³-hybridized carbons (Fsp3) is 0.944. The quantitative estimate of drug-likeness (QED) is 0.262.